The van der Waals surface area contributed by atoms with Crippen LogP contribution >= 0.6 is 0 Å². The third-order valence-corrected chi connectivity index (χ3v) is 6.23. The molecule has 4 rings (SSSR count). The standard InChI is InChI=1S/C29H32N4O3/c1-20-7-5-8-21(17-20)28(35)33-25-15-13-23(14-16-25)30-19-27(34)31-26-12-6-9-22(18-26)29(36)32-24-10-3-2-4-11-24/h5-9,12-18,24,30H,2-4,10-11,19H2,1H3,(H,31,34)(H,32,36)(H,33,35). The highest BCUT2D eigenvalue weighted by Crippen LogP contribution is 2.19. The molecule has 7 nitrogen and oxygen atoms in total. The molecular weight excluding hydrogens is 452 g/mol. The van der Waals surface area contributed by atoms with E-state index in [2.05, 4.69) is 21.3 Å². The van der Waals surface area contributed by atoms with E-state index in [9.17, 15) is 14.4 Å². The van der Waals surface area contributed by atoms with Crippen LogP contribution in [0.2, 0.25) is 0 Å². The van der Waals surface area contributed by atoms with Crippen molar-refractivity contribution in [1.29, 1.82) is 0 Å². The quantitative estimate of drug-likeness (QED) is 0.346. The highest BCUT2D eigenvalue weighted by atomic mass is 16.2. The van der Waals surface area contributed by atoms with Crippen LogP contribution in [0, 0.1) is 6.92 Å². The summed E-state index contributed by atoms with van der Waals surface area (Å²) in [6.07, 6.45) is 5.58. The number of amides is 3. The second kappa shape index (κ2) is 12.0. The molecule has 3 aromatic carbocycles. The Hall–Kier alpha value is -4.13. The average Bonchev–Trinajstić information content (AvgIpc) is 2.89. The van der Waals surface area contributed by atoms with Crippen LogP contribution in [-0.4, -0.2) is 30.3 Å². The highest BCUT2D eigenvalue weighted by molar-refractivity contribution is 6.04. The summed E-state index contributed by atoms with van der Waals surface area (Å²) in [6, 6.07) is 21.8. The van der Waals surface area contributed by atoms with Crippen LogP contribution < -0.4 is 21.3 Å². The molecule has 0 spiro atoms. The van der Waals surface area contributed by atoms with Gasteiger partial charge < -0.3 is 21.3 Å². The average molecular weight is 485 g/mol. The summed E-state index contributed by atoms with van der Waals surface area (Å²) < 4.78 is 0. The van der Waals surface area contributed by atoms with Crippen LogP contribution in [0.5, 0.6) is 0 Å². The predicted molar refractivity (Wildman–Crippen MR) is 143 cm³/mol. The topological polar surface area (TPSA) is 99.3 Å². The van der Waals surface area contributed by atoms with Gasteiger partial charge in [0.15, 0.2) is 0 Å². The first-order valence-corrected chi connectivity index (χ1v) is 12.4. The van der Waals surface area contributed by atoms with Gasteiger partial charge in [-0.1, -0.05) is 43.0 Å². The molecule has 0 saturated heterocycles. The first kappa shape index (κ1) is 25.0. The molecule has 0 aromatic heterocycles. The van der Waals surface area contributed by atoms with E-state index in [1.54, 1.807) is 54.6 Å². The summed E-state index contributed by atoms with van der Waals surface area (Å²) in [5.74, 6) is -0.504. The van der Waals surface area contributed by atoms with Gasteiger partial charge in [0.05, 0.1) is 6.54 Å². The van der Waals surface area contributed by atoms with E-state index in [1.165, 1.54) is 6.42 Å². The molecule has 0 aliphatic heterocycles. The monoisotopic (exact) mass is 484 g/mol. The second-order valence-electron chi connectivity index (χ2n) is 9.19. The molecule has 0 radical (unpaired) electrons. The largest absolute Gasteiger partial charge is 0.376 e. The third kappa shape index (κ3) is 7.18. The van der Waals surface area contributed by atoms with Gasteiger partial charge >= 0.3 is 0 Å². The zero-order chi connectivity index (χ0) is 25.3. The Balaban J connectivity index is 1.25. The van der Waals surface area contributed by atoms with Crippen molar-refractivity contribution in [1.82, 2.24) is 5.32 Å². The minimum Gasteiger partial charge on any atom is -0.376 e. The molecule has 36 heavy (non-hydrogen) atoms. The molecule has 3 aromatic rings. The summed E-state index contributed by atoms with van der Waals surface area (Å²) in [4.78, 5) is 37.4. The number of carbonyl (C=O) groups excluding carboxylic acids is 3. The second-order valence-corrected chi connectivity index (χ2v) is 9.19. The maximum atomic E-state index is 12.6. The Labute approximate surface area is 211 Å². The number of nitrogens with one attached hydrogen (secondary N) is 4. The Morgan fingerprint density at radius 2 is 1.39 bits per heavy atom. The molecule has 0 bridgehead atoms. The number of hydrogen-bond acceptors (Lipinski definition) is 4. The van der Waals surface area contributed by atoms with E-state index < -0.39 is 0 Å². The molecule has 1 aliphatic rings. The van der Waals surface area contributed by atoms with E-state index in [1.807, 2.05) is 25.1 Å². The molecule has 4 N–H and O–H groups in total. The van der Waals surface area contributed by atoms with Gasteiger partial charge in [-0.3, -0.25) is 14.4 Å². The van der Waals surface area contributed by atoms with Gasteiger partial charge in [-0.15, -0.1) is 0 Å². The van der Waals surface area contributed by atoms with Crippen LogP contribution in [0.3, 0.4) is 0 Å². The molecule has 3 amide bonds. The van der Waals surface area contributed by atoms with Crippen LogP contribution in [0.25, 0.3) is 0 Å². The zero-order valence-electron chi connectivity index (χ0n) is 20.5. The Bertz CT molecular complexity index is 1220. The SMILES string of the molecule is Cc1cccc(C(=O)Nc2ccc(NCC(=O)Nc3cccc(C(=O)NC4CCCCC4)c3)cc2)c1. The number of hydrogen-bond donors (Lipinski definition) is 4. The van der Waals surface area contributed by atoms with Crippen LogP contribution in [-0.2, 0) is 4.79 Å². The van der Waals surface area contributed by atoms with Crippen molar-refractivity contribution >= 4 is 34.8 Å². The fourth-order valence-corrected chi connectivity index (χ4v) is 4.30. The van der Waals surface area contributed by atoms with Gasteiger partial charge in [0.25, 0.3) is 11.8 Å². The van der Waals surface area contributed by atoms with Crippen molar-refractivity contribution in [3.63, 3.8) is 0 Å². The maximum absolute atomic E-state index is 12.6. The number of aryl methyl sites for hydroxylation is 1. The maximum Gasteiger partial charge on any atom is 0.255 e. The summed E-state index contributed by atoms with van der Waals surface area (Å²) in [5.41, 5.74) is 4.15. The van der Waals surface area contributed by atoms with Gasteiger partial charge in [0.1, 0.15) is 0 Å². The van der Waals surface area contributed by atoms with Crippen LogP contribution in [0.1, 0.15) is 58.4 Å². The van der Waals surface area contributed by atoms with Crippen LogP contribution in [0.15, 0.2) is 72.8 Å². The Morgan fingerprint density at radius 3 is 2.11 bits per heavy atom. The number of carbonyl (C=O) groups is 3. The van der Waals surface area contributed by atoms with E-state index in [4.69, 9.17) is 0 Å². The van der Waals surface area contributed by atoms with Gasteiger partial charge in [-0.25, -0.2) is 0 Å². The summed E-state index contributed by atoms with van der Waals surface area (Å²) >= 11 is 0. The molecule has 0 heterocycles. The molecule has 1 fully saturated rings. The van der Waals surface area contributed by atoms with E-state index >= 15 is 0 Å². The van der Waals surface area contributed by atoms with E-state index in [0.717, 1.165) is 36.9 Å². The number of rotatable bonds is 8. The lowest BCUT2D eigenvalue weighted by Gasteiger charge is -2.22. The lowest BCUT2D eigenvalue weighted by atomic mass is 9.95. The smallest absolute Gasteiger partial charge is 0.255 e. The minimum atomic E-state index is -0.225. The first-order chi connectivity index (χ1) is 17.5. The van der Waals surface area contributed by atoms with Crippen LogP contribution in [0.4, 0.5) is 17.1 Å². The normalized spacial score (nSPS) is 13.5. The summed E-state index contributed by atoms with van der Waals surface area (Å²) in [6.45, 7) is 2.01. The van der Waals surface area contributed by atoms with Crippen molar-refractivity contribution in [3.8, 4) is 0 Å². The molecule has 7 heteroatoms. The Kier molecular flexibility index (Phi) is 8.34. The lowest BCUT2D eigenvalue weighted by molar-refractivity contribution is -0.114. The van der Waals surface area contributed by atoms with Crippen molar-refractivity contribution < 1.29 is 14.4 Å². The number of benzene rings is 3. The molecule has 0 atom stereocenters. The zero-order valence-corrected chi connectivity index (χ0v) is 20.5. The lowest BCUT2D eigenvalue weighted by Crippen LogP contribution is -2.36. The van der Waals surface area contributed by atoms with Crippen molar-refractivity contribution in [2.24, 2.45) is 0 Å². The summed E-state index contributed by atoms with van der Waals surface area (Å²) in [5, 5.41) is 11.9. The first-order valence-electron chi connectivity index (χ1n) is 12.4. The fourth-order valence-electron chi connectivity index (χ4n) is 4.30. The summed E-state index contributed by atoms with van der Waals surface area (Å²) in [7, 11) is 0. The minimum absolute atomic E-state index is 0.0630. The van der Waals surface area contributed by atoms with Crippen molar-refractivity contribution in [2.75, 3.05) is 22.5 Å². The van der Waals surface area contributed by atoms with Gasteiger partial charge in [-0.05, 0) is 74.4 Å². The molecule has 0 unspecified atom stereocenters. The van der Waals surface area contributed by atoms with E-state index in [0.29, 0.717) is 22.5 Å². The highest BCUT2D eigenvalue weighted by Gasteiger charge is 2.17. The third-order valence-electron chi connectivity index (χ3n) is 6.23. The Morgan fingerprint density at radius 1 is 0.722 bits per heavy atom. The van der Waals surface area contributed by atoms with Crippen molar-refractivity contribution in [2.45, 2.75) is 45.1 Å². The van der Waals surface area contributed by atoms with E-state index in [-0.39, 0.29) is 30.3 Å². The molecule has 1 saturated carbocycles. The number of anilines is 3. The van der Waals surface area contributed by atoms with Gasteiger partial charge in [-0.2, -0.15) is 0 Å². The van der Waals surface area contributed by atoms with Gasteiger partial charge in [0, 0.05) is 34.2 Å². The fraction of sp³-hybridized carbons (Fsp3) is 0.276. The molecular formula is C29H32N4O3. The molecule has 186 valence electrons. The predicted octanol–water partition coefficient (Wildman–Crippen LogP) is 5.36. The molecule has 1 aliphatic carbocycles. The van der Waals surface area contributed by atoms with Gasteiger partial charge in [0.2, 0.25) is 5.91 Å². The van der Waals surface area contributed by atoms with Crippen molar-refractivity contribution in [3.05, 3.63) is 89.5 Å².